The van der Waals surface area contributed by atoms with E-state index in [-0.39, 0.29) is 33.4 Å². The van der Waals surface area contributed by atoms with Gasteiger partial charge >= 0.3 is 0 Å². The average Bonchev–Trinajstić information content (AvgIpc) is 2.52. The van der Waals surface area contributed by atoms with Gasteiger partial charge in [0.15, 0.2) is 5.78 Å². The smallest absolute Gasteiger partial charge is 0.213 e. The predicted molar refractivity (Wildman–Crippen MR) is 85.0 cm³/mol. The second kappa shape index (κ2) is 5.44. The molecule has 0 heterocycles. The van der Waals surface area contributed by atoms with Crippen molar-refractivity contribution in [3.63, 3.8) is 0 Å². The number of ketones is 3. The number of nitrogens with zero attached hydrogens (tertiary/aromatic N) is 1. The highest BCUT2D eigenvalue weighted by Crippen LogP contribution is 2.34. The van der Waals surface area contributed by atoms with Crippen molar-refractivity contribution in [2.45, 2.75) is 6.92 Å². The largest absolute Gasteiger partial charge is 0.507 e. The summed E-state index contributed by atoms with van der Waals surface area (Å²) in [6, 6.07) is 4.21. The minimum Gasteiger partial charge on any atom is -0.507 e. The van der Waals surface area contributed by atoms with E-state index in [1.54, 1.807) is 6.92 Å². The second-order valence-corrected chi connectivity index (χ2v) is 5.46. The molecule has 1 aromatic carbocycles. The zero-order chi connectivity index (χ0) is 16.7. The Morgan fingerprint density at radius 3 is 2.52 bits per heavy atom. The van der Waals surface area contributed by atoms with Crippen LogP contribution >= 0.6 is 11.6 Å². The van der Waals surface area contributed by atoms with Crippen LogP contribution in [-0.2, 0) is 4.79 Å². The van der Waals surface area contributed by atoms with Gasteiger partial charge in [-0.25, -0.2) is 4.99 Å². The quantitative estimate of drug-likeness (QED) is 0.804. The van der Waals surface area contributed by atoms with Crippen LogP contribution in [0.5, 0.6) is 5.75 Å². The fourth-order valence-corrected chi connectivity index (χ4v) is 2.57. The van der Waals surface area contributed by atoms with Crippen LogP contribution < -0.4 is 0 Å². The molecular weight excluding hydrogens is 318 g/mol. The summed E-state index contributed by atoms with van der Waals surface area (Å²) in [6.07, 6.45) is 4.29. The summed E-state index contributed by atoms with van der Waals surface area (Å²) in [6.45, 7) is 1.62. The minimum absolute atomic E-state index is 0.0512. The number of fused-ring (bicyclic) bond motifs is 1. The molecule has 0 saturated carbocycles. The van der Waals surface area contributed by atoms with Gasteiger partial charge in [0, 0.05) is 5.56 Å². The van der Waals surface area contributed by atoms with Gasteiger partial charge in [0.1, 0.15) is 16.5 Å². The van der Waals surface area contributed by atoms with Crippen molar-refractivity contribution in [2.24, 2.45) is 4.99 Å². The van der Waals surface area contributed by atoms with Crippen LogP contribution in [0.1, 0.15) is 27.6 Å². The molecule has 0 unspecified atom stereocenters. The number of phenolic OH excluding ortho intramolecular Hbond substituents is 1. The van der Waals surface area contributed by atoms with E-state index in [2.05, 4.69) is 4.99 Å². The molecule has 114 valence electrons. The zero-order valence-electron chi connectivity index (χ0n) is 12.0. The number of carbonyl (C=O) groups excluding carboxylic acids is 3. The van der Waals surface area contributed by atoms with Crippen LogP contribution in [0.25, 0.3) is 0 Å². The predicted octanol–water partition coefficient (Wildman–Crippen LogP) is 2.75. The van der Waals surface area contributed by atoms with Crippen molar-refractivity contribution in [1.82, 2.24) is 0 Å². The highest BCUT2D eigenvalue weighted by Gasteiger charge is 2.33. The van der Waals surface area contributed by atoms with E-state index in [0.29, 0.717) is 11.3 Å². The Hall–Kier alpha value is -2.79. The lowest BCUT2D eigenvalue weighted by molar-refractivity contribution is -0.111. The molecule has 0 spiro atoms. The number of Topliss-reactive ketones (excluding diaryl/α,β-unsaturated/α-hetero) is 2. The number of halogens is 1. The summed E-state index contributed by atoms with van der Waals surface area (Å²) < 4.78 is 0. The highest BCUT2D eigenvalue weighted by molar-refractivity contribution is 6.50. The molecule has 0 amide bonds. The Balaban J connectivity index is 2.13. The number of benzene rings is 1. The molecule has 2 aliphatic carbocycles. The first-order valence-electron chi connectivity index (χ1n) is 6.70. The average molecular weight is 328 g/mol. The fourth-order valence-electron chi connectivity index (χ4n) is 2.34. The standard InChI is InChI=1S/C17H10ClNO4/c1-8-7-9(5-6-11(8)20)19-15-14(18)17(23)13-10(16(15)22)3-2-4-12(13)21/h2-7,21H,1H3. The third-order valence-corrected chi connectivity index (χ3v) is 3.89. The molecule has 5 nitrogen and oxygen atoms in total. The minimum atomic E-state index is -0.657. The summed E-state index contributed by atoms with van der Waals surface area (Å²) >= 11 is 5.99. The van der Waals surface area contributed by atoms with Crippen molar-refractivity contribution >= 4 is 34.7 Å². The molecule has 1 N–H and O–H groups in total. The van der Waals surface area contributed by atoms with Crippen LogP contribution in [0.2, 0.25) is 0 Å². The third-order valence-electron chi connectivity index (χ3n) is 3.54. The molecule has 0 radical (unpaired) electrons. The number of phenols is 1. The van der Waals surface area contributed by atoms with Crippen LogP contribution in [0.15, 0.2) is 57.7 Å². The molecule has 0 saturated heterocycles. The summed E-state index contributed by atoms with van der Waals surface area (Å²) in [7, 11) is 0. The monoisotopic (exact) mass is 327 g/mol. The number of hydrogen-bond acceptors (Lipinski definition) is 5. The van der Waals surface area contributed by atoms with Crippen molar-refractivity contribution in [2.75, 3.05) is 0 Å². The number of aliphatic imine (C=N–C) groups is 1. The summed E-state index contributed by atoms with van der Waals surface area (Å²) in [4.78, 5) is 40.3. The van der Waals surface area contributed by atoms with Gasteiger partial charge in [0.25, 0.3) is 0 Å². The summed E-state index contributed by atoms with van der Waals surface area (Å²) in [5.74, 6) is -1.66. The van der Waals surface area contributed by atoms with Crippen LogP contribution in [0.3, 0.4) is 0 Å². The lowest BCUT2D eigenvalue weighted by Gasteiger charge is -2.16. The Morgan fingerprint density at radius 1 is 1.09 bits per heavy atom. The van der Waals surface area contributed by atoms with E-state index in [0.717, 1.165) is 0 Å². The fraction of sp³-hybridized carbons (Fsp3) is 0.0588. The zero-order valence-corrected chi connectivity index (χ0v) is 12.7. The number of carbonyl (C=O) groups is 3. The lowest BCUT2D eigenvalue weighted by Crippen LogP contribution is -2.20. The molecule has 0 bridgehead atoms. The number of allylic oxidation sites excluding steroid dienone is 6. The highest BCUT2D eigenvalue weighted by atomic mass is 35.5. The second-order valence-electron chi connectivity index (χ2n) is 5.08. The van der Waals surface area contributed by atoms with Gasteiger partial charge in [-0.15, -0.1) is 0 Å². The van der Waals surface area contributed by atoms with E-state index < -0.39 is 11.6 Å². The molecule has 23 heavy (non-hydrogen) atoms. The molecule has 0 atom stereocenters. The molecule has 0 fully saturated rings. The lowest BCUT2D eigenvalue weighted by atomic mass is 9.91. The van der Waals surface area contributed by atoms with Crippen molar-refractivity contribution in [3.05, 3.63) is 63.9 Å². The van der Waals surface area contributed by atoms with Gasteiger partial charge in [-0.2, -0.15) is 0 Å². The Kier molecular flexibility index (Phi) is 3.58. The molecule has 1 aromatic rings. The van der Waals surface area contributed by atoms with Crippen LogP contribution in [0, 0.1) is 0 Å². The van der Waals surface area contributed by atoms with Crippen LogP contribution in [-0.4, -0.2) is 28.2 Å². The first-order chi connectivity index (χ1) is 10.9. The van der Waals surface area contributed by atoms with Gasteiger partial charge in [-0.05, 0) is 42.9 Å². The molecular formula is C17H10ClNO4. The van der Waals surface area contributed by atoms with Gasteiger partial charge in [-0.1, -0.05) is 17.7 Å². The van der Waals surface area contributed by atoms with Crippen LogP contribution in [0.4, 0.5) is 0 Å². The first kappa shape index (κ1) is 15.1. The third kappa shape index (κ3) is 2.45. The molecule has 3 rings (SSSR count). The van der Waals surface area contributed by atoms with E-state index in [4.69, 9.17) is 11.6 Å². The summed E-state index contributed by atoms with van der Waals surface area (Å²) in [5, 5.41) is 9.43. The van der Waals surface area contributed by atoms with Crippen molar-refractivity contribution in [3.8, 4) is 5.75 Å². The van der Waals surface area contributed by atoms with Crippen molar-refractivity contribution in [1.29, 1.82) is 0 Å². The maximum atomic E-state index is 12.5. The summed E-state index contributed by atoms with van der Waals surface area (Å²) in [5.41, 5.74) is 0.547. The number of rotatable bonds is 1. The molecule has 6 heteroatoms. The number of aromatic hydroxyl groups is 1. The van der Waals surface area contributed by atoms with E-state index in [1.807, 2.05) is 0 Å². The molecule has 0 aliphatic heterocycles. The SMILES string of the molecule is CC1=CC(=NC2=C(Cl)C(=O)c3c(O)cccc3C2=O)C=CC1=O. The van der Waals surface area contributed by atoms with E-state index in [9.17, 15) is 19.5 Å². The topological polar surface area (TPSA) is 83.8 Å². The van der Waals surface area contributed by atoms with E-state index in [1.165, 1.54) is 36.4 Å². The van der Waals surface area contributed by atoms with Crippen molar-refractivity contribution < 1.29 is 19.5 Å². The van der Waals surface area contributed by atoms with Gasteiger partial charge in [-0.3, -0.25) is 14.4 Å². The normalized spacial score (nSPS) is 19.3. The Bertz CT molecular complexity index is 903. The van der Waals surface area contributed by atoms with Gasteiger partial charge in [0.2, 0.25) is 11.6 Å². The number of hydrogen-bond donors (Lipinski definition) is 1. The molecule has 2 aliphatic rings. The maximum absolute atomic E-state index is 12.5. The van der Waals surface area contributed by atoms with E-state index >= 15 is 0 Å². The van der Waals surface area contributed by atoms with Gasteiger partial charge < -0.3 is 5.11 Å². The maximum Gasteiger partial charge on any atom is 0.213 e. The molecule has 0 aromatic heterocycles. The van der Waals surface area contributed by atoms with Gasteiger partial charge in [0.05, 0.1) is 11.3 Å². The Labute approximate surface area is 136 Å². The first-order valence-corrected chi connectivity index (χ1v) is 7.08. The Morgan fingerprint density at radius 2 is 1.83 bits per heavy atom.